The van der Waals surface area contributed by atoms with E-state index in [1.807, 2.05) is 35.8 Å². The molecule has 0 amide bonds. The molecule has 0 unspecified atom stereocenters. The SMILES string of the molecule is CC#Cc1cccc2cc([C@H](C)N)n(C3CC3)c(=O)c12. The van der Waals surface area contributed by atoms with Crippen molar-refractivity contribution in [1.29, 1.82) is 0 Å². The monoisotopic (exact) mass is 266 g/mol. The molecular formula is C17H18N2O. The fourth-order valence-corrected chi connectivity index (χ4v) is 2.69. The molecule has 0 saturated heterocycles. The molecule has 0 spiro atoms. The van der Waals surface area contributed by atoms with Crippen molar-refractivity contribution in [1.82, 2.24) is 4.57 Å². The molecule has 1 aromatic carbocycles. The van der Waals surface area contributed by atoms with Crippen molar-refractivity contribution < 1.29 is 0 Å². The molecular weight excluding hydrogens is 248 g/mol. The highest BCUT2D eigenvalue weighted by Gasteiger charge is 2.28. The van der Waals surface area contributed by atoms with E-state index in [2.05, 4.69) is 11.8 Å². The lowest BCUT2D eigenvalue weighted by atomic mass is 10.0. The number of fused-ring (bicyclic) bond motifs is 1. The average molecular weight is 266 g/mol. The molecule has 102 valence electrons. The van der Waals surface area contributed by atoms with Gasteiger partial charge in [0, 0.05) is 23.3 Å². The molecule has 1 aliphatic rings. The van der Waals surface area contributed by atoms with Gasteiger partial charge < -0.3 is 10.3 Å². The Morgan fingerprint density at radius 1 is 1.40 bits per heavy atom. The van der Waals surface area contributed by atoms with Crippen molar-refractivity contribution in [2.45, 2.75) is 38.8 Å². The molecule has 0 bridgehead atoms. The number of pyridine rings is 1. The standard InChI is InChI=1S/C17H18N2O/c1-3-5-12-6-4-7-13-10-15(11(2)18)19(14-8-9-14)17(20)16(12)13/h4,6-7,10-11,14H,8-9,18H2,1-2H3/t11-/m0/s1. The maximum absolute atomic E-state index is 12.9. The minimum Gasteiger partial charge on any atom is -0.323 e. The highest BCUT2D eigenvalue weighted by Crippen LogP contribution is 2.36. The van der Waals surface area contributed by atoms with Crippen LogP contribution in [-0.2, 0) is 0 Å². The summed E-state index contributed by atoms with van der Waals surface area (Å²) in [7, 11) is 0. The van der Waals surface area contributed by atoms with Crippen LogP contribution in [0.5, 0.6) is 0 Å². The number of hydrogen-bond donors (Lipinski definition) is 1. The van der Waals surface area contributed by atoms with Crippen molar-refractivity contribution in [3.8, 4) is 11.8 Å². The first-order chi connectivity index (χ1) is 9.63. The lowest BCUT2D eigenvalue weighted by molar-refractivity contribution is 0.620. The van der Waals surface area contributed by atoms with Crippen LogP contribution in [-0.4, -0.2) is 4.57 Å². The van der Waals surface area contributed by atoms with Gasteiger partial charge in [0.15, 0.2) is 0 Å². The van der Waals surface area contributed by atoms with E-state index in [9.17, 15) is 4.79 Å². The number of benzene rings is 1. The van der Waals surface area contributed by atoms with Crippen LogP contribution in [0.15, 0.2) is 29.1 Å². The van der Waals surface area contributed by atoms with Gasteiger partial charge in [0.05, 0.1) is 5.39 Å². The van der Waals surface area contributed by atoms with Crippen LogP contribution in [0.2, 0.25) is 0 Å². The summed E-state index contributed by atoms with van der Waals surface area (Å²) in [6.45, 7) is 3.71. The van der Waals surface area contributed by atoms with Crippen molar-refractivity contribution >= 4 is 10.8 Å². The minimum absolute atomic E-state index is 0.0515. The number of hydrogen-bond acceptors (Lipinski definition) is 2. The Bertz CT molecular complexity index is 786. The topological polar surface area (TPSA) is 48.0 Å². The van der Waals surface area contributed by atoms with Crippen molar-refractivity contribution in [3.05, 3.63) is 45.9 Å². The van der Waals surface area contributed by atoms with Crippen LogP contribution in [0.1, 0.15) is 50.0 Å². The smallest absolute Gasteiger partial charge is 0.260 e. The third-order valence-corrected chi connectivity index (χ3v) is 3.75. The Kier molecular flexibility index (Phi) is 3.11. The third-order valence-electron chi connectivity index (χ3n) is 3.75. The van der Waals surface area contributed by atoms with Crippen molar-refractivity contribution in [3.63, 3.8) is 0 Å². The molecule has 1 atom stereocenters. The van der Waals surface area contributed by atoms with Gasteiger partial charge in [-0.05, 0) is 44.2 Å². The van der Waals surface area contributed by atoms with Crippen LogP contribution in [0.4, 0.5) is 0 Å². The van der Waals surface area contributed by atoms with Crippen LogP contribution < -0.4 is 11.3 Å². The van der Waals surface area contributed by atoms with Gasteiger partial charge in [-0.15, -0.1) is 5.92 Å². The van der Waals surface area contributed by atoms with Gasteiger partial charge in [-0.25, -0.2) is 0 Å². The van der Waals surface area contributed by atoms with Gasteiger partial charge >= 0.3 is 0 Å². The predicted octanol–water partition coefficient (Wildman–Crippen LogP) is 2.73. The van der Waals surface area contributed by atoms with Gasteiger partial charge in [0.1, 0.15) is 0 Å². The van der Waals surface area contributed by atoms with E-state index >= 15 is 0 Å². The summed E-state index contributed by atoms with van der Waals surface area (Å²) < 4.78 is 1.88. The second-order valence-corrected chi connectivity index (χ2v) is 5.41. The van der Waals surface area contributed by atoms with Crippen LogP contribution in [0.25, 0.3) is 10.8 Å². The van der Waals surface area contributed by atoms with E-state index < -0.39 is 0 Å². The summed E-state index contributed by atoms with van der Waals surface area (Å²) in [6.07, 6.45) is 2.12. The first kappa shape index (κ1) is 13.0. The zero-order valence-electron chi connectivity index (χ0n) is 11.8. The van der Waals surface area contributed by atoms with Crippen molar-refractivity contribution in [2.24, 2.45) is 5.73 Å². The van der Waals surface area contributed by atoms with Gasteiger partial charge in [-0.3, -0.25) is 4.79 Å². The van der Waals surface area contributed by atoms with Gasteiger partial charge in [-0.2, -0.15) is 0 Å². The maximum Gasteiger partial charge on any atom is 0.260 e. The fourth-order valence-electron chi connectivity index (χ4n) is 2.69. The first-order valence-corrected chi connectivity index (χ1v) is 7.00. The molecule has 2 aromatic rings. The average Bonchev–Trinajstić information content (AvgIpc) is 3.23. The summed E-state index contributed by atoms with van der Waals surface area (Å²) in [6, 6.07) is 8.02. The predicted molar refractivity (Wildman–Crippen MR) is 81.6 cm³/mol. The van der Waals surface area contributed by atoms with Crippen LogP contribution >= 0.6 is 0 Å². The molecule has 3 heteroatoms. The molecule has 20 heavy (non-hydrogen) atoms. The lowest BCUT2D eigenvalue weighted by Gasteiger charge is -2.17. The Hall–Kier alpha value is -2.05. The molecule has 2 N–H and O–H groups in total. The van der Waals surface area contributed by atoms with E-state index in [0.29, 0.717) is 6.04 Å². The minimum atomic E-state index is -0.145. The fraction of sp³-hybridized carbons (Fsp3) is 0.353. The normalized spacial score (nSPS) is 15.8. The number of aromatic nitrogens is 1. The zero-order valence-corrected chi connectivity index (χ0v) is 11.8. The van der Waals surface area contributed by atoms with E-state index in [-0.39, 0.29) is 11.6 Å². The summed E-state index contributed by atoms with van der Waals surface area (Å²) >= 11 is 0. The molecule has 3 rings (SSSR count). The molecule has 1 saturated carbocycles. The summed E-state index contributed by atoms with van der Waals surface area (Å²) in [5, 5.41) is 1.65. The molecule has 1 fully saturated rings. The highest BCUT2D eigenvalue weighted by molar-refractivity contribution is 5.87. The van der Waals surface area contributed by atoms with E-state index in [1.165, 1.54) is 0 Å². The summed E-state index contributed by atoms with van der Waals surface area (Å²) in [5.74, 6) is 5.91. The second kappa shape index (κ2) is 4.81. The van der Waals surface area contributed by atoms with Gasteiger partial charge in [-0.1, -0.05) is 18.1 Å². The molecule has 1 aliphatic carbocycles. The quantitative estimate of drug-likeness (QED) is 0.850. The molecule has 1 aromatic heterocycles. The van der Waals surface area contributed by atoms with E-state index in [1.54, 1.807) is 6.92 Å². The lowest BCUT2D eigenvalue weighted by Crippen LogP contribution is -2.26. The Labute approximate surface area is 118 Å². The number of nitrogens with two attached hydrogens (primary N) is 1. The Balaban J connectivity index is 2.42. The number of rotatable bonds is 2. The summed E-state index contributed by atoms with van der Waals surface area (Å²) in [5.41, 5.74) is 7.83. The maximum atomic E-state index is 12.9. The highest BCUT2D eigenvalue weighted by atomic mass is 16.1. The molecule has 3 nitrogen and oxygen atoms in total. The van der Waals surface area contributed by atoms with Gasteiger partial charge in [0.2, 0.25) is 0 Å². The molecule has 0 radical (unpaired) electrons. The molecule has 0 aliphatic heterocycles. The third kappa shape index (κ3) is 2.03. The first-order valence-electron chi connectivity index (χ1n) is 7.00. The number of nitrogens with zero attached hydrogens (tertiary/aromatic N) is 1. The van der Waals surface area contributed by atoms with E-state index in [4.69, 9.17) is 5.73 Å². The van der Waals surface area contributed by atoms with Gasteiger partial charge in [0.25, 0.3) is 5.56 Å². The largest absolute Gasteiger partial charge is 0.323 e. The second-order valence-electron chi connectivity index (χ2n) is 5.41. The Morgan fingerprint density at radius 2 is 2.15 bits per heavy atom. The Morgan fingerprint density at radius 3 is 2.75 bits per heavy atom. The van der Waals surface area contributed by atoms with Crippen molar-refractivity contribution in [2.75, 3.05) is 0 Å². The van der Waals surface area contributed by atoms with Crippen LogP contribution in [0.3, 0.4) is 0 Å². The van der Waals surface area contributed by atoms with Crippen LogP contribution in [0, 0.1) is 11.8 Å². The zero-order chi connectivity index (χ0) is 14.3. The molecule has 1 heterocycles. The van der Waals surface area contributed by atoms with E-state index in [0.717, 1.165) is 34.9 Å². The summed E-state index contributed by atoms with van der Waals surface area (Å²) in [4.78, 5) is 12.9.